The van der Waals surface area contributed by atoms with Crippen LogP contribution in [0.2, 0.25) is 0 Å². The molecular weight excluding hydrogens is 258 g/mol. The number of benzene rings is 1. The summed E-state index contributed by atoms with van der Waals surface area (Å²) in [6, 6.07) is 5.67. The number of methoxy groups -OCH3 is 2. The number of carboxylic acid groups (broad SMARTS) is 1. The second kappa shape index (κ2) is 7.14. The Balaban J connectivity index is 2.52. The molecule has 0 atom stereocenters. The molecule has 0 bridgehead atoms. The van der Waals surface area contributed by atoms with E-state index in [1.54, 1.807) is 28.1 Å². The molecule has 20 heavy (non-hydrogen) atoms. The Bertz CT molecular complexity index is 435. The molecule has 0 aliphatic carbocycles. The first kappa shape index (κ1) is 16.3. The van der Waals surface area contributed by atoms with E-state index in [2.05, 4.69) is 5.32 Å². The highest BCUT2D eigenvalue weighted by atomic mass is 16.5. The SMILES string of the molecule is COc1cc(CNCCC(C)(C)C(=O)O)cc(OC)c1. The number of aliphatic carboxylic acids is 1. The van der Waals surface area contributed by atoms with Crippen LogP contribution in [0.25, 0.3) is 0 Å². The Hall–Kier alpha value is -1.75. The van der Waals surface area contributed by atoms with Gasteiger partial charge in [0.1, 0.15) is 11.5 Å². The molecule has 0 saturated carbocycles. The molecule has 5 nitrogen and oxygen atoms in total. The minimum Gasteiger partial charge on any atom is -0.497 e. The quantitative estimate of drug-likeness (QED) is 0.716. The van der Waals surface area contributed by atoms with Crippen molar-refractivity contribution in [3.8, 4) is 11.5 Å². The summed E-state index contributed by atoms with van der Waals surface area (Å²) in [4.78, 5) is 11.0. The van der Waals surface area contributed by atoms with Gasteiger partial charge in [0.25, 0.3) is 0 Å². The van der Waals surface area contributed by atoms with Crippen LogP contribution in [-0.2, 0) is 11.3 Å². The Morgan fingerprint density at radius 1 is 1.20 bits per heavy atom. The van der Waals surface area contributed by atoms with E-state index >= 15 is 0 Å². The van der Waals surface area contributed by atoms with E-state index in [4.69, 9.17) is 14.6 Å². The second-order valence-electron chi connectivity index (χ2n) is 5.34. The lowest BCUT2D eigenvalue weighted by molar-refractivity contribution is -0.147. The van der Waals surface area contributed by atoms with Gasteiger partial charge in [-0.25, -0.2) is 0 Å². The van der Waals surface area contributed by atoms with Gasteiger partial charge in [-0.05, 0) is 44.5 Å². The zero-order chi connectivity index (χ0) is 15.2. The number of carbonyl (C=O) groups is 1. The highest BCUT2D eigenvalue weighted by Crippen LogP contribution is 2.23. The standard InChI is InChI=1S/C15H23NO4/c1-15(2,14(17)18)5-6-16-10-11-7-12(19-3)9-13(8-11)20-4/h7-9,16H,5-6,10H2,1-4H3,(H,17,18). The van der Waals surface area contributed by atoms with Gasteiger partial charge in [0.15, 0.2) is 0 Å². The van der Waals surface area contributed by atoms with E-state index in [-0.39, 0.29) is 0 Å². The minimum atomic E-state index is -0.776. The van der Waals surface area contributed by atoms with E-state index in [0.29, 0.717) is 19.5 Å². The lowest BCUT2D eigenvalue weighted by Gasteiger charge is -2.19. The van der Waals surface area contributed by atoms with E-state index in [9.17, 15) is 4.79 Å². The van der Waals surface area contributed by atoms with Crippen LogP contribution in [0.5, 0.6) is 11.5 Å². The molecule has 0 heterocycles. The molecule has 0 aliphatic heterocycles. The summed E-state index contributed by atoms with van der Waals surface area (Å²) in [5.74, 6) is 0.710. The molecule has 2 N–H and O–H groups in total. The van der Waals surface area contributed by atoms with Crippen molar-refractivity contribution in [2.75, 3.05) is 20.8 Å². The highest BCUT2D eigenvalue weighted by Gasteiger charge is 2.26. The predicted octanol–water partition coefficient (Wildman–Crippen LogP) is 2.29. The topological polar surface area (TPSA) is 67.8 Å². The second-order valence-corrected chi connectivity index (χ2v) is 5.34. The average molecular weight is 281 g/mol. The summed E-state index contributed by atoms with van der Waals surface area (Å²) in [5, 5.41) is 12.3. The first-order valence-corrected chi connectivity index (χ1v) is 6.55. The number of ether oxygens (including phenoxy) is 2. The lowest BCUT2D eigenvalue weighted by Crippen LogP contribution is -2.28. The van der Waals surface area contributed by atoms with E-state index < -0.39 is 11.4 Å². The van der Waals surface area contributed by atoms with Crippen LogP contribution in [0, 0.1) is 5.41 Å². The summed E-state index contributed by atoms with van der Waals surface area (Å²) < 4.78 is 10.4. The summed E-state index contributed by atoms with van der Waals surface area (Å²) in [5.41, 5.74) is 0.327. The van der Waals surface area contributed by atoms with Gasteiger partial charge in [-0.3, -0.25) is 4.79 Å². The van der Waals surface area contributed by atoms with Crippen molar-refractivity contribution in [2.45, 2.75) is 26.8 Å². The van der Waals surface area contributed by atoms with Crippen molar-refractivity contribution in [2.24, 2.45) is 5.41 Å². The Labute approximate surface area is 119 Å². The van der Waals surface area contributed by atoms with Gasteiger partial charge in [-0.15, -0.1) is 0 Å². The third-order valence-electron chi connectivity index (χ3n) is 3.25. The van der Waals surface area contributed by atoms with Crippen LogP contribution in [-0.4, -0.2) is 31.8 Å². The Kier molecular flexibility index (Phi) is 5.82. The monoisotopic (exact) mass is 281 g/mol. The molecule has 0 amide bonds. The molecule has 1 aromatic carbocycles. The highest BCUT2D eigenvalue weighted by molar-refractivity contribution is 5.73. The van der Waals surface area contributed by atoms with Crippen molar-refractivity contribution < 1.29 is 19.4 Å². The lowest BCUT2D eigenvalue weighted by atomic mass is 9.90. The van der Waals surface area contributed by atoms with Crippen LogP contribution in [0.4, 0.5) is 0 Å². The van der Waals surface area contributed by atoms with Gasteiger partial charge >= 0.3 is 5.97 Å². The third-order valence-corrected chi connectivity index (χ3v) is 3.25. The van der Waals surface area contributed by atoms with Gasteiger partial charge < -0.3 is 19.9 Å². The molecule has 5 heteroatoms. The van der Waals surface area contributed by atoms with Crippen molar-refractivity contribution in [1.82, 2.24) is 5.32 Å². The van der Waals surface area contributed by atoms with Crippen LogP contribution >= 0.6 is 0 Å². The van der Waals surface area contributed by atoms with Gasteiger partial charge in [0.2, 0.25) is 0 Å². The van der Waals surface area contributed by atoms with Gasteiger partial charge in [-0.1, -0.05) is 0 Å². The van der Waals surface area contributed by atoms with Crippen LogP contribution in [0.15, 0.2) is 18.2 Å². The molecule has 0 fully saturated rings. The number of hydrogen-bond donors (Lipinski definition) is 2. The maximum atomic E-state index is 11.0. The van der Waals surface area contributed by atoms with Crippen molar-refractivity contribution in [3.63, 3.8) is 0 Å². The fourth-order valence-corrected chi connectivity index (χ4v) is 1.71. The molecule has 0 aliphatic rings. The van der Waals surface area contributed by atoms with E-state index in [0.717, 1.165) is 17.1 Å². The van der Waals surface area contributed by atoms with E-state index in [1.165, 1.54) is 0 Å². The average Bonchev–Trinajstić information content (AvgIpc) is 2.43. The van der Waals surface area contributed by atoms with E-state index in [1.807, 2.05) is 18.2 Å². The molecule has 0 radical (unpaired) electrons. The fraction of sp³-hybridized carbons (Fsp3) is 0.533. The molecule has 0 unspecified atom stereocenters. The Morgan fingerprint density at radius 2 is 1.75 bits per heavy atom. The summed E-state index contributed by atoms with van der Waals surface area (Å²) in [7, 11) is 3.22. The predicted molar refractivity (Wildman–Crippen MR) is 77.3 cm³/mol. The summed E-state index contributed by atoms with van der Waals surface area (Å²) >= 11 is 0. The number of carboxylic acids is 1. The van der Waals surface area contributed by atoms with Gasteiger partial charge in [0, 0.05) is 12.6 Å². The van der Waals surface area contributed by atoms with Crippen LogP contribution in [0.3, 0.4) is 0 Å². The molecule has 112 valence electrons. The van der Waals surface area contributed by atoms with Crippen molar-refractivity contribution >= 4 is 5.97 Å². The third kappa shape index (κ3) is 4.74. The summed E-state index contributed by atoms with van der Waals surface area (Å²) in [6.45, 7) is 4.74. The van der Waals surface area contributed by atoms with Gasteiger partial charge in [0.05, 0.1) is 19.6 Å². The van der Waals surface area contributed by atoms with Crippen molar-refractivity contribution in [1.29, 1.82) is 0 Å². The maximum Gasteiger partial charge on any atom is 0.309 e. The maximum absolute atomic E-state index is 11.0. The Morgan fingerprint density at radius 3 is 2.20 bits per heavy atom. The molecular formula is C15H23NO4. The first-order valence-electron chi connectivity index (χ1n) is 6.55. The normalized spacial score (nSPS) is 11.2. The number of rotatable bonds is 8. The fourth-order valence-electron chi connectivity index (χ4n) is 1.71. The van der Waals surface area contributed by atoms with Gasteiger partial charge in [-0.2, -0.15) is 0 Å². The number of hydrogen-bond acceptors (Lipinski definition) is 4. The zero-order valence-electron chi connectivity index (χ0n) is 12.5. The molecule has 1 rings (SSSR count). The van der Waals surface area contributed by atoms with Crippen LogP contribution in [0.1, 0.15) is 25.8 Å². The molecule has 0 aromatic heterocycles. The smallest absolute Gasteiger partial charge is 0.309 e. The minimum absolute atomic E-state index is 0.573. The summed E-state index contributed by atoms with van der Waals surface area (Å²) in [6.07, 6.45) is 0.573. The molecule has 0 spiro atoms. The van der Waals surface area contributed by atoms with Crippen molar-refractivity contribution in [3.05, 3.63) is 23.8 Å². The number of nitrogens with one attached hydrogen (secondary N) is 1. The molecule has 0 saturated heterocycles. The largest absolute Gasteiger partial charge is 0.497 e. The molecule has 1 aromatic rings. The first-order chi connectivity index (χ1) is 9.39. The van der Waals surface area contributed by atoms with Crippen LogP contribution < -0.4 is 14.8 Å². The zero-order valence-corrected chi connectivity index (χ0v) is 12.5.